The Kier molecular flexibility index (Phi) is 26.6. The molecular weight excluding hydrogens is 1280 g/mol. The molecule has 0 aromatic carbocycles. The van der Waals surface area contributed by atoms with Crippen LogP contribution in [0.2, 0.25) is 0 Å². The lowest BCUT2D eigenvalue weighted by Crippen LogP contribution is -2.69. The Balaban J connectivity index is 0.990. The van der Waals surface area contributed by atoms with Gasteiger partial charge in [0.1, 0.15) is 195 Å². The maximum absolute atomic E-state index is 11.8. The molecule has 30 heterocycles. The van der Waals surface area contributed by atoms with Gasteiger partial charge in [-0.15, -0.1) is 0 Å². The van der Waals surface area contributed by atoms with Gasteiger partial charge in [-0.1, -0.05) is 0 Å². The highest BCUT2D eigenvalue weighted by molar-refractivity contribution is 5.03. The Labute approximate surface area is 528 Å². The summed E-state index contributed by atoms with van der Waals surface area (Å²) in [6.07, 6.45) is -80.6. The smallest absolute Gasteiger partial charge is 0.187 e. The van der Waals surface area contributed by atoms with Crippen LogP contribution >= 0.6 is 0 Å². The molecular formula is C52H90N2O39. The fourth-order valence-electron chi connectivity index (χ4n) is 12.5. The maximum atomic E-state index is 11.8. The first-order valence-electron chi connectivity index (χ1n) is 30.2. The molecule has 0 aromatic rings. The number of nitrogens with one attached hydrogen (secondary N) is 1. The van der Waals surface area contributed by atoms with Crippen LogP contribution in [0.15, 0.2) is 0 Å². The van der Waals surface area contributed by atoms with E-state index in [2.05, 4.69) is 5.32 Å². The fraction of sp³-hybridized carbons (Fsp3) is 1.00. The van der Waals surface area contributed by atoms with Crippen LogP contribution in [0, 0.1) is 0 Å². The standard InChI is InChI=1S/C52H90N2O39/c1-54(2)4-3-53-5-13-37-21(62)29(70)45(78-13)87-38-14(6-55)80-47(31(72)23(38)64)89-40-16(8-57)82-49(33(74)25(40)66)91-42-18(10-59)84-51(35(76)27(42)68)93-44-20(12-61)85-52(36(77)28(44)69)92-43-19(11-60)83-50(34(75)26(43)67)90-41-17(9-58)81-48(32(73)24(41)65)88-39-15(7-56)79-46(86-37)30(71)22(39)63/h13-53,55-77H,3-12H2,1-2H3/t13-,14+,15+,16+,17+,18+,19+,20+,21+,22+,23+,24+,25+,26+,27+,28+,29+,30+,31+,32+,33+,34+,35+,36+,37+,38+,39+,40+,41+,42+,43+,44+,45+,46+,47+,48+,49+,50+,51+,52+/m0/s1. The summed E-state index contributed by atoms with van der Waals surface area (Å²) in [5.74, 6) is 0. The second-order valence-electron chi connectivity index (χ2n) is 24.3. The quantitative estimate of drug-likeness (QED) is 0.0807. The SMILES string of the molecule is CN(C)CCNC[C@@H]1O[C@@H]2O[C@H]3[C@H](O)[C@@H](O)[C@@H](O[C@H]4[C@H](O)[C@@H](O)[C@@H](O[C@H]5[C@H](O)[C@@H](O)[C@@H](O[C@H]6[C@H](O)[C@@H](O)[C@@H](O[C@H]7[C@H](O)[C@@H](O)[C@@H](O[C@H]8[C@H](O)[C@@H](O)[C@@H](O[C@H]9[C@H](O)[C@@H](O)[C@@H](O[C@H]1[C@H](O)[C@H]2O)O[C@@H]9CO)O[C@@H]8CO)O[C@@H]7CO)O[C@@H]6CO)O[C@@H]5CO)O[C@@H]4CO)O[C@@H]3CO. The molecule has 30 aliphatic rings. The number of hydrogen-bond donors (Lipinski definition) is 24. The molecule has 30 rings (SSSR count). The molecule has 24 N–H and O–H groups in total. The van der Waals surface area contributed by atoms with Crippen LogP contribution in [0.4, 0.5) is 0 Å². The highest BCUT2D eigenvalue weighted by atomic mass is 16.8. The molecule has 30 aliphatic heterocycles. The van der Waals surface area contributed by atoms with Crippen LogP contribution in [-0.4, -0.2) is 448 Å². The van der Waals surface area contributed by atoms with Crippen LogP contribution in [-0.2, 0) is 75.8 Å². The van der Waals surface area contributed by atoms with Gasteiger partial charge in [0, 0.05) is 19.6 Å². The molecule has 30 fully saturated rings. The molecule has 0 radical (unpaired) electrons. The first-order valence-corrected chi connectivity index (χ1v) is 30.2. The van der Waals surface area contributed by atoms with Gasteiger partial charge in [-0.05, 0) is 14.1 Å². The predicted molar refractivity (Wildman–Crippen MR) is 285 cm³/mol. The predicted octanol–water partition coefficient (Wildman–Crippen LogP) is -17.2. The summed E-state index contributed by atoms with van der Waals surface area (Å²) in [6.45, 7) is -7.01. The molecule has 30 saturated heterocycles. The van der Waals surface area contributed by atoms with Crippen LogP contribution in [0.3, 0.4) is 0 Å². The molecule has 0 unspecified atom stereocenters. The monoisotopic (exact) mass is 1370 g/mol. The summed E-state index contributed by atoms with van der Waals surface area (Å²) in [7, 11) is 3.53. The third-order valence-electron chi connectivity index (χ3n) is 17.8. The van der Waals surface area contributed by atoms with Crippen molar-refractivity contribution in [2.24, 2.45) is 0 Å². The van der Waals surface area contributed by atoms with E-state index in [1.54, 1.807) is 19.0 Å². The van der Waals surface area contributed by atoms with E-state index in [-0.39, 0.29) is 13.1 Å². The van der Waals surface area contributed by atoms with Crippen molar-refractivity contribution in [3.05, 3.63) is 0 Å². The van der Waals surface area contributed by atoms with Crippen molar-refractivity contribution in [3.8, 4) is 0 Å². The van der Waals surface area contributed by atoms with Crippen molar-refractivity contribution < 1.29 is 193 Å². The van der Waals surface area contributed by atoms with Crippen molar-refractivity contribution in [2.75, 3.05) is 80.0 Å². The number of likely N-dealkylation sites (N-methyl/N-ethyl adjacent to an activating group) is 1. The summed E-state index contributed by atoms with van der Waals surface area (Å²) in [6, 6.07) is 0. The van der Waals surface area contributed by atoms with Gasteiger partial charge in [0.15, 0.2) is 50.3 Å². The van der Waals surface area contributed by atoms with E-state index in [1.807, 2.05) is 0 Å². The van der Waals surface area contributed by atoms with Gasteiger partial charge in [-0.3, -0.25) is 0 Å². The average molecular weight is 1370 g/mol. The van der Waals surface area contributed by atoms with E-state index < -0.39 is 292 Å². The zero-order valence-corrected chi connectivity index (χ0v) is 49.9. The van der Waals surface area contributed by atoms with E-state index in [1.165, 1.54) is 0 Å². The second-order valence-corrected chi connectivity index (χ2v) is 24.3. The van der Waals surface area contributed by atoms with Gasteiger partial charge < -0.3 is 203 Å². The van der Waals surface area contributed by atoms with Crippen LogP contribution in [0.25, 0.3) is 0 Å². The highest BCUT2D eigenvalue weighted by Crippen LogP contribution is 2.40. The lowest BCUT2D eigenvalue weighted by Gasteiger charge is -2.50. The van der Waals surface area contributed by atoms with Gasteiger partial charge >= 0.3 is 0 Å². The molecule has 40 atom stereocenters. The molecule has 41 nitrogen and oxygen atoms in total. The molecule has 0 aliphatic carbocycles. The van der Waals surface area contributed by atoms with Crippen LogP contribution in [0.5, 0.6) is 0 Å². The van der Waals surface area contributed by atoms with E-state index >= 15 is 0 Å². The largest absolute Gasteiger partial charge is 0.394 e. The number of hydrogen-bond acceptors (Lipinski definition) is 41. The first-order chi connectivity index (χ1) is 44.2. The highest BCUT2D eigenvalue weighted by Gasteiger charge is 2.60. The summed E-state index contributed by atoms with van der Waals surface area (Å²) in [5.41, 5.74) is 0. The van der Waals surface area contributed by atoms with Gasteiger partial charge in [0.2, 0.25) is 0 Å². The van der Waals surface area contributed by atoms with E-state index in [0.717, 1.165) is 0 Å². The number of rotatable bonds is 12. The Morgan fingerprint density at radius 1 is 0.226 bits per heavy atom. The van der Waals surface area contributed by atoms with Crippen molar-refractivity contribution >= 4 is 0 Å². The fourth-order valence-corrected chi connectivity index (χ4v) is 12.5. The topological polar surface area (TPSA) is 628 Å². The van der Waals surface area contributed by atoms with E-state index in [9.17, 15) is 117 Å². The third-order valence-corrected chi connectivity index (χ3v) is 17.8. The molecule has 41 heteroatoms. The maximum Gasteiger partial charge on any atom is 0.187 e. The first kappa shape index (κ1) is 75.6. The van der Waals surface area contributed by atoms with Crippen molar-refractivity contribution in [3.63, 3.8) is 0 Å². The molecule has 542 valence electrons. The minimum atomic E-state index is -2.24. The number of nitrogens with zero attached hydrogens (tertiary/aromatic N) is 1. The lowest BCUT2D eigenvalue weighted by molar-refractivity contribution is -0.403. The number of ether oxygens (including phenoxy) is 16. The zero-order chi connectivity index (χ0) is 67.8. The summed E-state index contributed by atoms with van der Waals surface area (Å²) in [5, 5.41) is 260. The molecule has 0 spiro atoms. The zero-order valence-electron chi connectivity index (χ0n) is 49.9. The molecule has 0 aromatic heterocycles. The van der Waals surface area contributed by atoms with Gasteiger partial charge in [-0.25, -0.2) is 0 Å². The van der Waals surface area contributed by atoms with Crippen molar-refractivity contribution in [2.45, 2.75) is 246 Å². The normalized spacial score (nSPS) is 53.1. The number of aliphatic hydroxyl groups is 23. The summed E-state index contributed by atoms with van der Waals surface area (Å²) in [4.78, 5) is 1.80. The third kappa shape index (κ3) is 15.8. The van der Waals surface area contributed by atoms with Crippen LogP contribution in [0.1, 0.15) is 0 Å². The van der Waals surface area contributed by atoms with Crippen LogP contribution < -0.4 is 5.32 Å². The molecule has 16 bridgehead atoms. The van der Waals surface area contributed by atoms with Crippen molar-refractivity contribution in [1.82, 2.24) is 10.2 Å². The minimum Gasteiger partial charge on any atom is -0.394 e. The molecule has 0 saturated carbocycles. The minimum absolute atomic E-state index is 0.253. The number of aliphatic hydroxyl groups excluding tert-OH is 23. The molecule has 0 amide bonds. The second kappa shape index (κ2) is 32.8. The van der Waals surface area contributed by atoms with Gasteiger partial charge in [0.25, 0.3) is 0 Å². The molecule has 93 heavy (non-hydrogen) atoms. The Hall–Kier alpha value is -1.64. The Morgan fingerprint density at radius 3 is 0.527 bits per heavy atom. The summed E-state index contributed by atoms with van der Waals surface area (Å²) >= 11 is 0. The summed E-state index contributed by atoms with van der Waals surface area (Å²) < 4.78 is 92.8. The average Bonchev–Trinajstić information content (AvgIpc) is 0.800. The van der Waals surface area contributed by atoms with E-state index in [4.69, 9.17) is 75.8 Å². The van der Waals surface area contributed by atoms with E-state index in [0.29, 0.717) is 6.54 Å². The lowest BCUT2D eigenvalue weighted by atomic mass is 9.94. The van der Waals surface area contributed by atoms with Gasteiger partial charge in [-0.2, -0.15) is 0 Å². The van der Waals surface area contributed by atoms with Gasteiger partial charge in [0.05, 0.1) is 46.2 Å². The Bertz CT molecular complexity index is 2250. The Morgan fingerprint density at radius 2 is 0.376 bits per heavy atom. The van der Waals surface area contributed by atoms with Crippen molar-refractivity contribution in [1.29, 1.82) is 0 Å².